The molecule has 1 aromatic rings. The van der Waals surface area contributed by atoms with Crippen molar-refractivity contribution in [2.75, 3.05) is 27.4 Å². The fourth-order valence-corrected chi connectivity index (χ4v) is 3.12. The lowest BCUT2D eigenvalue weighted by atomic mass is 9.87. The van der Waals surface area contributed by atoms with Gasteiger partial charge in [0, 0.05) is 20.3 Å². The first-order chi connectivity index (χ1) is 9.72. The molecule has 0 radical (unpaired) electrons. The maximum Gasteiger partial charge on any atom is 0.244 e. The van der Waals surface area contributed by atoms with Crippen LogP contribution < -0.4 is 9.46 Å². The zero-order valence-electron chi connectivity index (χ0n) is 13.4. The minimum absolute atomic E-state index is 0.132. The largest absolute Gasteiger partial charge is 0.495 e. The lowest BCUT2D eigenvalue weighted by Crippen LogP contribution is -2.26. The molecule has 0 fully saturated rings. The van der Waals surface area contributed by atoms with E-state index < -0.39 is 10.0 Å². The van der Waals surface area contributed by atoms with Crippen LogP contribution in [0.3, 0.4) is 0 Å². The van der Waals surface area contributed by atoms with Gasteiger partial charge in [-0.15, -0.1) is 0 Å². The Morgan fingerprint density at radius 1 is 1.19 bits per heavy atom. The summed E-state index contributed by atoms with van der Waals surface area (Å²) >= 11 is 0. The SMILES string of the molecule is COCCCNS(=O)(=O)c1cc(C(C)(C)C)ccc1OC. The van der Waals surface area contributed by atoms with Crippen LogP contribution in [0.15, 0.2) is 23.1 Å². The maximum atomic E-state index is 12.4. The summed E-state index contributed by atoms with van der Waals surface area (Å²) in [6.07, 6.45) is 0.622. The topological polar surface area (TPSA) is 64.6 Å². The van der Waals surface area contributed by atoms with Gasteiger partial charge >= 0.3 is 0 Å². The van der Waals surface area contributed by atoms with Crippen molar-refractivity contribution in [3.05, 3.63) is 23.8 Å². The molecule has 0 bridgehead atoms. The standard InChI is InChI=1S/C15H25NO4S/c1-15(2,3)12-7-8-13(20-5)14(11-12)21(17,18)16-9-6-10-19-4/h7-8,11,16H,6,9-10H2,1-5H3. The highest BCUT2D eigenvalue weighted by Crippen LogP contribution is 2.30. The Kier molecular flexibility index (Phi) is 6.19. The predicted octanol–water partition coefficient (Wildman–Crippen LogP) is 2.31. The van der Waals surface area contributed by atoms with Crippen LogP contribution in [0.4, 0.5) is 0 Å². The molecule has 0 aromatic heterocycles. The van der Waals surface area contributed by atoms with Crippen molar-refractivity contribution < 1.29 is 17.9 Å². The van der Waals surface area contributed by atoms with Gasteiger partial charge in [0.1, 0.15) is 10.6 Å². The van der Waals surface area contributed by atoms with Crippen molar-refractivity contribution in [2.24, 2.45) is 0 Å². The average Bonchev–Trinajstić information content (AvgIpc) is 2.42. The van der Waals surface area contributed by atoms with Gasteiger partial charge in [0.05, 0.1) is 7.11 Å². The summed E-state index contributed by atoms with van der Waals surface area (Å²) < 4.78 is 37.5. The van der Waals surface area contributed by atoms with Crippen LogP contribution >= 0.6 is 0 Å². The van der Waals surface area contributed by atoms with E-state index in [-0.39, 0.29) is 10.3 Å². The monoisotopic (exact) mass is 315 g/mol. The van der Waals surface area contributed by atoms with Crippen molar-refractivity contribution in [3.8, 4) is 5.75 Å². The first kappa shape index (κ1) is 17.9. The van der Waals surface area contributed by atoms with E-state index in [2.05, 4.69) is 4.72 Å². The van der Waals surface area contributed by atoms with Gasteiger partial charge in [-0.25, -0.2) is 13.1 Å². The summed E-state index contributed by atoms with van der Waals surface area (Å²) in [5.74, 6) is 0.349. The van der Waals surface area contributed by atoms with E-state index in [4.69, 9.17) is 9.47 Å². The van der Waals surface area contributed by atoms with Crippen LogP contribution in [0, 0.1) is 0 Å². The molecular weight excluding hydrogens is 290 g/mol. The molecular formula is C15H25NO4S. The minimum atomic E-state index is -3.60. The number of hydrogen-bond acceptors (Lipinski definition) is 4. The summed E-state index contributed by atoms with van der Waals surface area (Å²) in [6.45, 7) is 6.96. The smallest absolute Gasteiger partial charge is 0.244 e. The second kappa shape index (κ2) is 7.24. The number of benzene rings is 1. The molecule has 1 N–H and O–H groups in total. The summed E-state index contributed by atoms with van der Waals surface area (Å²) in [6, 6.07) is 5.27. The van der Waals surface area contributed by atoms with E-state index in [1.54, 1.807) is 19.2 Å². The molecule has 0 saturated heterocycles. The minimum Gasteiger partial charge on any atom is -0.495 e. The van der Waals surface area contributed by atoms with Gasteiger partial charge in [-0.3, -0.25) is 0 Å². The van der Waals surface area contributed by atoms with Gasteiger partial charge in [0.15, 0.2) is 0 Å². The number of rotatable bonds is 7. The third kappa shape index (κ3) is 4.98. The Bertz CT molecular complexity index is 562. The lowest BCUT2D eigenvalue weighted by Gasteiger charge is -2.21. The van der Waals surface area contributed by atoms with Gasteiger partial charge in [-0.05, 0) is 29.5 Å². The van der Waals surface area contributed by atoms with Crippen LogP contribution in [-0.2, 0) is 20.2 Å². The molecule has 0 atom stereocenters. The summed E-state index contributed by atoms with van der Waals surface area (Å²) in [4.78, 5) is 0.176. The second-order valence-electron chi connectivity index (χ2n) is 5.86. The van der Waals surface area contributed by atoms with Crippen molar-refractivity contribution >= 4 is 10.0 Å². The van der Waals surface area contributed by atoms with Crippen molar-refractivity contribution in [2.45, 2.75) is 37.5 Å². The molecule has 21 heavy (non-hydrogen) atoms. The highest BCUT2D eigenvalue weighted by molar-refractivity contribution is 7.89. The highest BCUT2D eigenvalue weighted by Gasteiger charge is 2.23. The van der Waals surface area contributed by atoms with E-state index in [0.29, 0.717) is 25.3 Å². The predicted molar refractivity (Wildman–Crippen MR) is 83.4 cm³/mol. The van der Waals surface area contributed by atoms with Crippen LogP contribution in [0.2, 0.25) is 0 Å². The maximum absolute atomic E-state index is 12.4. The van der Waals surface area contributed by atoms with Gasteiger partial charge in [0.2, 0.25) is 10.0 Å². The molecule has 1 rings (SSSR count). The molecule has 1 aromatic carbocycles. The fourth-order valence-electron chi connectivity index (χ4n) is 1.85. The lowest BCUT2D eigenvalue weighted by molar-refractivity contribution is 0.196. The first-order valence-corrected chi connectivity index (χ1v) is 8.38. The zero-order valence-corrected chi connectivity index (χ0v) is 14.2. The molecule has 0 unspecified atom stereocenters. The van der Waals surface area contributed by atoms with E-state index in [0.717, 1.165) is 5.56 Å². The summed E-state index contributed by atoms with van der Waals surface area (Å²) in [5, 5.41) is 0. The molecule has 0 aliphatic rings. The molecule has 5 nitrogen and oxygen atoms in total. The number of methoxy groups -OCH3 is 2. The average molecular weight is 315 g/mol. The number of ether oxygens (including phenoxy) is 2. The van der Waals surface area contributed by atoms with Crippen LogP contribution in [-0.4, -0.2) is 35.8 Å². The van der Waals surface area contributed by atoms with Gasteiger partial charge in [0.25, 0.3) is 0 Å². The molecule has 0 amide bonds. The molecule has 6 heteroatoms. The normalized spacial score (nSPS) is 12.4. The zero-order chi connectivity index (χ0) is 16.1. The molecule has 0 spiro atoms. The van der Waals surface area contributed by atoms with E-state index >= 15 is 0 Å². The summed E-state index contributed by atoms with van der Waals surface area (Å²) in [7, 11) is -0.541. The first-order valence-electron chi connectivity index (χ1n) is 6.89. The van der Waals surface area contributed by atoms with Crippen molar-refractivity contribution in [3.63, 3.8) is 0 Å². The van der Waals surface area contributed by atoms with E-state index in [9.17, 15) is 8.42 Å². The van der Waals surface area contributed by atoms with E-state index in [1.165, 1.54) is 7.11 Å². The quantitative estimate of drug-likeness (QED) is 0.784. The van der Waals surface area contributed by atoms with Crippen LogP contribution in [0.5, 0.6) is 5.75 Å². The Labute approximate surface area is 127 Å². The number of hydrogen-bond donors (Lipinski definition) is 1. The Balaban J connectivity index is 3.08. The van der Waals surface area contributed by atoms with Crippen LogP contribution in [0.25, 0.3) is 0 Å². The second-order valence-corrected chi connectivity index (χ2v) is 7.60. The van der Waals surface area contributed by atoms with Crippen molar-refractivity contribution in [1.29, 1.82) is 0 Å². The van der Waals surface area contributed by atoms with Crippen LogP contribution in [0.1, 0.15) is 32.8 Å². The molecule has 0 heterocycles. The number of sulfonamides is 1. The van der Waals surface area contributed by atoms with Gasteiger partial charge in [-0.1, -0.05) is 26.8 Å². The van der Waals surface area contributed by atoms with Gasteiger partial charge in [-0.2, -0.15) is 0 Å². The van der Waals surface area contributed by atoms with Crippen molar-refractivity contribution in [1.82, 2.24) is 4.72 Å². The molecule has 0 aliphatic heterocycles. The van der Waals surface area contributed by atoms with E-state index in [1.807, 2.05) is 26.8 Å². The Morgan fingerprint density at radius 3 is 2.38 bits per heavy atom. The molecule has 120 valence electrons. The molecule has 0 aliphatic carbocycles. The highest BCUT2D eigenvalue weighted by atomic mass is 32.2. The Hall–Kier alpha value is -1.11. The number of nitrogens with one attached hydrogen (secondary N) is 1. The molecule has 0 saturated carbocycles. The summed E-state index contributed by atoms with van der Waals surface area (Å²) in [5.41, 5.74) is 0.813. The third-order valence-electron chi connectivity index (χ3n) is 3.14. The Morgan fingerprint density at radius 2 is 1.86 bits per heavy atom. The van der Waals surface area contributed by atoms with Gasteiger partial charge < -0.3 is 9.47 Å². The fraction of sp³-hybridized carbons (Fsp3) is 0.600. The third-order valence-corrected chi connectivity index (χ3v) is 4.62.